The van der Waals surface area contributed by atoms with Gasteiger partial charge in [-0.3, -0.25) is 18.6 Å². The van der Waals surface area contributed by atoms with Crippen molar-refractivity contribution >= 4 is 19.8 Å². The fraction of sp³-hybridized carbons (Fsp3) is 0.917. The molecule has 6 N–H and O–H groups in total. The first-order valence-corrected chi connectivity index (χ1v) is 26.5. The van der Waals surface area contributed by atoms with Crippen LogP contribution in [0, 0.1) is 0 Å². The molecular formula is C48H91O13P. The van der Waals surface area contributed by atoms with E-state index in [1.165, 1.54) is 135 Å². The average molecular weight is 907 g/mol. The minimum absolute atomic E-state index is 0.0962. The summed E-state index contributed by atoms with van der Waals surface area (Å²) in [5, 5.41) is 50.2. The van der Waals surface area contributed by atoms with Crippen LogP contribution in [0.15, 0.2) is 12.2 Å². The van der Waals surface area contributed by atoms with Gasteiger partial charge in [0.05, 0.1) is 6.61 Å². The Morgan fingerprint density at radius 2 is 0.823 bits per heavy atom. The molecule has 0 bridgehead atoms. The van der Waals surface area contributed by atoms with E-state index in [2.05, 4.69) is 26.0 Å². The van der Waals surface area contributed by atoms with E-state index in [9.17, 15) is 44.6 Å². The summed E-state index contributed by atoms with van der Waals surface area (Å²) in [5.41, 5.74) is 0. The second-order valence-corrected chi connectivity index (χ2v) is 19.1. The predicted molar refractivity (Wildman–Crippen MR) is 244 cm³/mol. The molecule has 1 aliphatic rings. The van der Waals surface area contributed by atoms with Crippen molar-refractivity contribution in [2.24, 2.45) is 0 Å². The van der Waals surface area contributed by atoms with Gasteiger partial charge in [-0.15, -0.1) is 0 Å². The van der Waals surface area contributed by atoms with E-state index in [0.29, 0.717) is 12.8 Å². The van der Waals surface area contributed by atoms with E-state index >= 15 is 0 Å². The summed E-state index contributed by atoms with van der Waals surface area (Å²) in [7, 11) is -5.12. The third-order valence-corrected chi connectivity index (χ3v) is 12.8. The van der Waals surface area contributed by atoms with E-state index in [0.717, 1.165) is 51.4 Å². The van der Waals surface area contributed by atoms with E-state index in [-0.39, 0.29) is 12.8 Å². The van der Waals surface area contributed by atoms with Gasteiger partial charge in [-0.1, -0.05) is 187 Å². The minimum atomic E-state index is -5.12. The maximum Gasteiger partial charge on any atom is 0.472 e. The molecular weight excluding hydrogens is 815 g/mol. The van der Waals surface area contributed by atoms with Gasteiger partial charge in [0.2, 0.25) is 0 Å². The number of hydrogen-bond donors (Lipinski definition) is 6. The molecule has 14 heteroatoms. The Kier molecular flexibility index (Phi) is 36.7. The quantitative estimate of drug-likeness (QED) is 0.0146. The Hall–Kier alpha value is -1.41. The highest BCUT2D eigenvalue weighted by molar-refractivity contribution is 7.47. The zero-order valence-corrected chi connectivity index (χ0v) is 39.8. The summed E-state index contributed by atoms with van der Waals surface area (Å²) < 4.78 is 33.6. The zero-order chi connectivity index (χ0) is 45.7. The van der Waals surface area contributed by atoms with E-state index < -0.39 is 75.7 Å². The first-order valence-electron chi connectivity index (χ1n) is 25.0. The average Bonchev–Trinajstić information content (AvgIpc) is 3.25. The molecule has 0 aromatic carbocycles. The van der Waals surface area contributed by atoms with Crippen LogP contribution in [-0.2, 0) is 32.7 Å². The molecule has 1 saturated carbocycles. The molecule has 1 rings (SSSR count). The molecule has 0 spiro atoms. The fourth-order valence-electron chi connectivity index (χ4n) is 7.81. The topological polar surface area (TPSA) is 210 Å². The smallest absolute Gasteiger partial charge is 0.462 e. The normalized spacial score (nSPS) is 21.9. The number of phosphoric ester groups is 1. The van der Waals surface area contributed by atoms with Crippen LogP contribution in [-0.4, -0.2) is 98.3 Å². The van der Waals surface area contributed by atoms with Gasteiger partial charge >= 0.3 is 19.8 Å². The Morgan fingerprint density at radius 3 is 1.23 bits per heavy atom. The number of unbranched alkanes of at least 4 members (excludes halogenated alkanes) is 28. The van der Waals surface area contributed by atoms with E-state index in [4.69, 9.17) is 18.5 Å². The Labute approximate surface area is 375 Å². The van der Waals surface area contributed by atoms with Crippen molar-refractivity contribution in [1.29, 1.82) is 0 Å². The SMILES string of the molecule is CCCCCCCCC/C=C\CCCCCCCCCC(=O)OC(COC(=O)CCCCCCCCCCCCCCCCC)COP(=O)(O)OC1C(O)C(O)C(O)C(O)C1O. The van der Waals surface area contributed by atoms with Crippen LogP contribution in [0.2, 0.25) is 0 Å². The number of ether oxygens (including phenoxy) is 2. The number of hydrogen-bond acceptors (Lipinski definition) is 12. The summed E-state index contributed by atoms with van der Waals surface area (Å²) in [4.78, 5) is 35.8. The van der Waals surface area contributed by atoms with Crippen molar-refractivity contribution in [3.05, 3.63) is 12.2 Å². The van der Waals surface area contributed by atoms with Crippen LogP contribution in [0.4, 0.5) is 0 Å². The minimum Gasteiger partial charge on any atom is -0.462 e. The lowest BCUT2D eigenvalue weighted by Crippen LogP contribution is -2.64. The summed E-state index contributed by atoms with van der Waals surface area (Å²) in [6.45, 7) is 3.32. The summed E-state index contributed by atoms with van der Waals surface area (Å²) in [5.74, 6) is -1.09. The number of aliphatic hydroxyl groups excluding tert-OH is 5. The molecule has 1 aliphatic carbocycles. The second-order valence-electron chi connectivity index (χ2n) is 17.7. The number of phosphoric acid groups is 1. The lowest BCUT2D eigenvalue weighted by molar-refractivity contribution is -0.220. The number of carbonyl (C=O) groups is 2. The third kappa shape index (κ3) is 30.7. The highest BCUT2D eigenvalue weighted by Crippen LogP contribution is 2.47. The van der Waals surface area contributed by atoms with Crippen molar-refractivity contribution in [3.8, 4) is 0 Å². The molecule has 6 unspecified atom stereocenters. The van der Waals surface area contributed by atoms with Crippen LogP contribution in [0.1, 0.15) is 226 Å². The lowest BCUT2D eigenvalue weighted by atomic mass is 9.85. The molecule has 62 heavy (non-hydrogen) atoms. The highest BCUT2D eigenvalue weighted by atomic mass is 31.2. The number of allylic oxidation sites excluding steroid dienone is 2. The van der Waals surface area contributed by atoms with Gasteiger partial charge in [0, 0.05) is 12.8 Å². The van der Waals surface area contributed by atoms with Crippen LogP contribution < -0.4 is 0 Å². The molecule has 6 atom stereocenters. The van der Waals surface area contributed by atoms with Gasteiger partial charge in [0.1, 0.15) is 43.2 Å². The first-order chi connectivity index (χ1) is 29.9. The first kappa shape index (κ1) is 58.6. The van der Waals surface area contributed by atoms with Gasteiger partial charge in [0.15, 0.2) is 6.10 Å². The monoisotopic (exact) mass is 907 g/mol. The van der Waals surface area contributed by atoms with Crippen LogP contribution in [0.25, 0.3) is 0 Å². The molecule has 0 aromatic rings. The molecule has 0 saturated heterocycles. The van der Waals surface area contributed by atoms with Crippen molar-refractivity contribution in [2.75, 3.05) is 13.2 Å². The van der Waals surface area contributed by atoms with Gasteiger partial charge in [-0.25, -0.2) is 4.57 Å². The number of aliphatic hydroxyl groups is 5. The van der Waals surface area contributed by atoms with Crippen molar-refractivity contribution in [2.45, 2.75) is 268 Å². The molecule has 0 amide bonds. The fourth-order valence-corrected chi connectivity index (χ4v) is 8.79. The molecule has 0 heterocycles. The molecule has 366 valence electrons. The van der Waals surface area contributed by atoms with Gasteiger partial charge in [-0.2, -0.15) is 0 Å². The molecule has 0 aliphatic heterocycles. The molecule has 13 nitrogen and oxygen atoms in total. The van der Waals surface area contributed by atoms with E-state index in [1.54, 1.807) is 0 Å². The van der Waals surface area contributed by atoms with Gasteiger partial charge < -0.3 is 39.9 Å². The predicted octanol–water partition coefficient (Wildman–Crippen LogP) is 10.2. The van der Waals surface area contributed by atoms with Crippen molar-refractivity contribution in [1.82, 2.24) is 0 Å². The maximum absolute atomic E-state index is 12.8. The largest absolute Gasteiger partial charge is 0.472 e. The Morgan fingerprint density at radius 1 is 0.484 bits per heavy atom. The lowest BCUT2D eigenvalue weighted by Gasteiger charge is -2.41. The van der Waals surface area contributed by atoms with Crippen molar-refractivity contribution in [3.63, 3.8) is 0 Å². The van der Waals surface area contributed by atoms with Crippen molar-refractivity contribution < 1.29 is 63.1 Å². The number of esters is 2. The molecule has 0 aromatic heterocycles. The van der Waals surface area contributed by atoms with Crippen LogP contribution >= 0.6 is 7.82 Å². The summed E-state index contributed by atoms with van der Waals surface area (Å²) in [6, 6.07) is 0. The third-order valence-electron chi connectivity index (χ3n) is 11.9. The second kappa shape index (κ2) is 38.8. The summed E-state index contributed by atoms with van der Waals surface area (Å²) >= 11 is 0. The Balaban J connectivity index is 2.41. The van der Waals surface area contributed by atoms with E-state index in [1.807, 2.05) is 0 Å². The maximum atomic E-state index is 12.8. The number of carbonyl (C=O) groups excluding carboxylic acids is 2. The molecule has 1 fully saturated rings. The standard InChI is InChI=1S/C48H91O13P/c1-3-5-7-9-11-13-15-17-19-20-21-23-25-27-29-31-33-35-37-42(50)60-40(39-59-62(56,57)61-48-46(54)44(52)43(51)45(53)47(48)55)38-58-41(49)36-34-32-30-28-26-24-22-18-16-14-12-10-8-6-4-2/h19-20,40,43-48,51-55H,3-18,21-39H2,1-2H3,(H,56,57)/b20-19-. The van der Waals surface area contributed by atoms with Gasteiger partial charge in [-0.05, 0) is 38.5 Å². The summed E-state index contributed by atoms with van der Waals surface area (Å²) in [6.07, 6.45) is 28.3. The molecule has 0 radical (unpaired) electrons. The van der Waals surface area contributed by atoms with Gasteiger partial charge in [0.25, 0.3) is 0 Å². The number of rotatable bonds is 42. The van der Waals surface area contributed by atoms with Crippen LogP contribution in [0.3, 0.4) is 0 Å². The zero-order valence-electron chi connectivity index (χ0n) is 38.9. The van der Waals surface area contributed by atoms with Crippen LogP contribution in [0.5, 0.6) is 0 Å². The highest BCUT2D eigenvalue weighted by Gasteiger charge is 2.51. The Bertz CT molecular complexity index is 1140.